The van der Waals surface area contributed by atoms with Crippen LogP contribution in [0.5, 0.6) is 11.5 Å². The number of aliphatic hydroxyl groups excluding tert-OH is 1. The van der Waals surface area contributed by atoms with Gasteiger partial charge in [0.25, 0.3) is 11.8 Å². The van der Waals surface area contributed by atoms with E-state index in [0.717, 1.165) is 0 Å². The molecule has 164 valence electrons. The van der Waals surface area contributed by atoms with Crippen molar-refractivity contribution < 1.29 is 28.9 Å². The standard InChI is InChI=1S/C21H24N4O6/c26-11-19-15(25-20(27)13-1-4-17-18(9-13)30-12-29-17)3-2-14(31-19)5-6-24-21(28)16-10-22-7-8-23-16/h1,4,7-10,14-15,19,26H,2-3,5-6,11-12H2,(H,24,28)(H,25,27)/t14-,15-,19-/m1/s1. The number of aliphatic hydroxyl groups is 1. The van der Waals surface area contributed by atoms with Gasteiger partial charge in [0.2, 0.25) is 6.79 Å². The molecule has 3 atom stereocenters. The molecule has 2 aliphatic heterocycles. The Bertz CT molecular complexity index is 925. The molecule has 31 heavy (non-hydrogen) atoms. The maximum Gasteiger partial charge on any atom is 0.271 e. The van der Waals surface area contributed by atoms with Gasteiger partial charge in [0, 0.05) is 24.5 Å². The summed E-state index contributed by atoms with van der Waals surface area (Å²) in [6.07, 6.45) is 5.67. The van der Waals surface area contributed by atoms with Gasteiger partial charge in [0.05, 0.1) is 24.9 Å². The van der Waals surface area contributed by atoms with Crippen molar-refractivity contribution in [1.29, 1.82) is 0 Å². The summed E-state index contributed by atoms with van der Waals surface area (Å²) in [5, 5.41) is 15.5. The number of carbonyl (C=O) groups excluding carboxylic acids is 2. The fourth-order valence-corrected chi connectivity index (χ4v) is 3.65. The molecule has 10 heteroatoms. The van der Waals surface area contributed by atoms with Gasteiger partial charge in [-0.3, -0.25) is 14.6 Å². The maximum absolute atomic E-state index is 12.6. The largest absolute Gasteiger partial charge is 0.454 e. The Hall–Kier alpha value is -3.24. The van der Waals surface area contributed by atoms with Gasteiger partial charge < -0.3 is 30.0 Å². The number of nitrogens with zero attached hydrogens (tertiary/aromatic N) is 2. The van der Waals surface area contributed by atoms with Gasteiger partial charge >= 0.3 is 0 Å². The van der Waals surface area contributed by atoms with Crippen molar-refractivity contribution in [3.63, 3.8) is 0 Å². The quantitative estimate of drug-likeness (QED) is 0.586. The second-order valence-corrected chi connectivity index (χ2v) is 7.34. The Morgan fingerprint density at radius 2 is 2.00 bits per heavy atom. The van der Waals surface area contributed by atoms with Crippen LogP contribution in [0.4, 0.5) is 0 Å². The Morgan fingerprint density at radius 3 is 2.81 bits per heavy atom. The molecule has 3 heterocycles. The lowest BCUT2D eigenvalue weighted by atomic mass is 9.96. The van der Waals surface area contributed by atoms with Crippen LogP contribution in [0.25, 0.3) is 0 Å². The van der Waals surface area contributed by atoms with Crippen LogP contribution in [-0.2, 0) is 4.74 Å². The van der Waals surface area contributed by atoms with Crippen LogP contribution in [0.2, 0.25) is 0 Å². The van der Waals surface area contributed by atoms with Crippen molar-refractivity contribution in [2.75, 3.05) is 19.9 Å². The molecule has 2 aromatic rings. The number of hydrogen-bond donors (Lipinski definition) is 3. The fourth-order valence-electron chi connectivity index (χ4n) is 3.65. The number of hydrogen-bond acceptors (Lipinski definition) is 8. The smallest absolute Gasteiger partial charge is 0.271 e. The molecule has 0 unspecified atom stereocenters. The molecule has 0 radical (unpaired) electrons. The van der Waals surface area contributed by atoms with Crippen LogP contribution in [0.1, 0.15) is 40.1 Å². The summed E-state index contributed by atoms with van der Waals surface area (Å²) in [6.45, 7) is 0.338. The van der Waals surface area contributed by atoms with Gasteiger partial charge in [0.1, 0.15) is 11.8 Å². The third kappa shape index (κ3) is 5.09. The highest BCUT2D eigenvalue weighted by molar-refractivity contribution is 5.95. The SMILES string of the molecule is O=C(N[C@@H]1CC[C@H](CCNC(=O)c2cnccn2)O[C@@H]1CO)c1ccc2c(c1)OCO2. The van der Waals surface area contributed by atoms with Crippen LogP contribution in [-0.4, -0.2) is 65.1 Å². The van der Waals surface area contributed by atoms with Crippen molar-refractivity contribution >= 4 is 11.8 Å². The fraction of sp³-hybridized carbons (Fsp3) is 0.429. The average molecular weight is 428 g/mol. The van der Waals surface area contributed by atoms with E-state index in [1.807, 2.05) is 0 Å². The number of nitrogens with one attached hydrogen (secondary N) is 2. The predicted octanol–water partition coefficient (Wildman–Crippen LogP) is 0.664. The number of rotatable bonds is 7. The molecule has 10 nitrogen and oxygen atoms in total. The Balaban J connectivity index is 1.25. The zero-order valence-corrected chi connectivity index (χ0v) is 16.8. The van der Waals surface area contributed by atoms with E-state index in [4.69, 9.17) is 14.2 Å². The van der Waals surface area contributed by atoms with Crippen molar-refractivity contribution in [3.8, 4) is 11.5 Å². The molecule has 0 spiro atoms. The first-order valence-electron chi connectivity index (χ1n) is 10.1. The first-order chi connectivity index (χ1) is 15.1. The van der Waals surface area contributed by atoms with E-state index in [-0.39, 0.29) is 43.1 Å². The first-order valence-corrected chi connectivity index (χ1v) is 10.1. The van der Waals surface area contributed by atoms with Crippen LogP contribution in [0, 0.1) is 0 Å². The lowest BCUT2D eigenvalue weighted by Gasteiger charge is -2.36. The van der Waals surface area contributed by atoms with E-state index >= 15 is 0 Å². The summed E-state index contributed by atoms with van der Waals surface area (Å²) in [6, 6.07) is 4.69. The number of amides is 2. The number of ether oxygens (including phenoxy) is 3. The average Bonchev–Trinajstić information content (AvgIpc) is 3.28. The summed E-state index contributed by atoms with van der Waals surface area (Å²) in [4.78, 5) is 32.5. The molecule has 1 aromatic carbocycles. The predicted molar refractivity (Wildman–Crippen MR) is 108 cm³/mol. The molecule has 1 fully saturated rings. The van der Waals surface area contributed by atoms with Gasteiger partial charge in [-0.25, -0.2) is 4.98 Å². The third-order valence-electron chi connectivity index (χ3n) is 5.29. The molecule has 1 saturated heterocycles. The lowest BCUT2D eigenvalue weighted by Crippen LogP contribution is -2.51. The van der Waals surface area contributed by atoms with Gasteiger partial charge in [-0.05, 0) is 37.5 Å². The van der Waals surface area contributed by atoms with Crippen molar-refractivity contribution in [2.24, 2.45) is 0 Å². The van der Waals surface area contributed by atoms with Gasteiger partial charge in [-0.2, -0.15) is 0 Å². The minimum Gasteiger partial charge on any atom is -0.454 e. The van der Waals surface area contributed by atoms with Crippen molar-refractivity contribution in [2.45, 2.75) is 37.5 Å². The van der Waals surface area contributed by atoms with Crippen molar-refractivity contribution in [3.05, 3.63) is 48.0 Å². The minimum absolute atomic E-state index is 0.127. The summed E-state index contributed by atoms with van der Waals surface area (Å²) >= 11 is 0. The topological polar surface area (TPSA) is 132 Å². The zero-order chi connectivity index (χ0) is 21.6. The molecule has 2 aliphatic rings. The Kier molecular flexibility index (Phi) is 6.58. The van der Waals surface area contributed by atoms with Gasteiger partial charge in [-0.1, -0.05) is 0 Å². The first kappa shape index (κ1) is 21.0. The second-order valence-electron chi connectivity index (χ2n) is 7.34. The number of aromatic nitrogens is 2. The Morgan fingerprint density at radius 1 is 1.13 bits per heavy atom. The summed E-state index contributed by atoms with van der Waals surface area (Å²) < 4.78 is 16.5. The highest BCUT2D eigenvalue weighted by atomic mass is 16.7. The molecule has 1 aromatic heterocycles. The molecule has 4 rings (SSSR count). The monoisotopic (exact) mass is 428 g/mol. The summed E-state index contributed by atoms with van der Waals surface area (Å²) in [5.41, 5.74) is 0.710. The second kappa shape index (κ2) is 9.71. The minimum atomic E-state index is -0.521. The van der Waals surface area contributed by atoms with E-state index in [0.29, 0.717) is 42.9 Å². The normalized spacial score (nSPS) is 22.0. The van der Waals surface area contributed by atoms with Crippen LogP contribution >= 0.6 is 0 Å². The molecule has 2 amide bonds. The zero-order valence-electron chi connectivity index (χ0n) is 16.8. The number of carbonyl (C=O) groups is 2. The van der Waals surface area contributed by atoms with Gasteiger partial charge in [0.15, 0.2) is 11.5 Å². The maximum atomic E-state index is 12.6. The number of fused-ring (bicyclic) bond motifs is 1. The summed E-state index contributed by atoms with van der Waals surface area (Å²) in [7, 11) is 0. The van der Waals surface area contributed by atoms with E-state index in [1.165, 1.54) is 18.6 Å². The van der Waals surface area contributed by atoms with E-state index in [1.54, 1.807) is 18.2 Å². The molecule has 3 N–H and O–H groups in total. The highest BCUT2D eigenvalue weighted by Gasteiger charge is 2.32. The van der Waals surface area contributed by atoms with E-state index in [2.05, 4.69) is 20.6 Å². The molecular weight excluding hydrogens is 404 g/mol. The molecule has 0 bridgehead atoms. The van der Waals surface area contributed by atoms with Crippen LogP contribution in [0.15, 0.2) is 36.8 Å². The van der Waals surface area contributed by atoms with Crippen molar-refractivity contribution in [1.82, 2.24) is 20.6 Å². The third-order valence-corrected chi connectivity index (χ3v) is 5.29. The van der Waals surface area contributed by atoms with Crippen LogP contribution in [0.3, 0.4) is 0 Å². The van der Waals surface area contributed by atoms with Gasteiger partial charge in [-0.15, -0.1) is 0 Å². The lowest BCUT2D eigenvalue weighted by molar-refractivity contribution is -0.0893. The molecule has 0 aliphatic carbocycles. The molecule has 0 saturated carbocycles. The Labute approximate surface area is 178 Å². The van der Waals surface area contributed by atoms with E-state index < -0.39 is 6.10 Å². The summed E-state index contributed by atoms with van der Waals surface area (Å²) in [5.74, 6) is 0.589. The number of benzene rings is 1. The molecular formula is C21H24N4O6. The highest BCUT2D eigenvalue weighted by Crippen LogP contribution is 2.32. The van der Waals surface area contributed by atoms with E-state index in [9.17, 15) is 14.7 Å². The van der Waals surface area contributed by atoms with Crippen LogP contribution < -0.4 is 20.1 Å².